The highest BCUT2D eigenvalue weighted by atomic mass is 79.9. The van der Waals surface area contributed by atoms with Gasteiger partial charge < -0.3 is 4.57 Å². The first-order valence-electron chi connectivity index (χ1n) is 7.50. The molecule has 0 atom stereocenters. The van der Waals surface area contributed by atoms with Crippen LogP contribution in [0.25, 0.3) is 10.9 Å². The van der Waals surface area contributed by atoms with Crippen LogP contribution in [0, 0.1) is 0 Å². The van der Waals surface area contributed by atoms with Crippen molar-refractivity contribution < 1.29 is 4.79 Å². The second kappa shape index (κ2) is 6.13. The number of ketones is 1. The second-order valence-electron chi connectivity index (χ2n) is 5.61. The Morgan fingerprint density at radius 3 is 3.00 bits per heavy atom. The molecule has 2 aromatic rings. The van der Waals surface area contributed by atoms with Gasteiger partial charge in [0.05, 0.1) is 5.52 Å². The molecule has 0 bridgehead atoms. The largest absolute Gasteiger partial charge is 0.347 e. The van der Waals surface area contributed by atoms with Gasteiger partial charge in [0.15, 0.2) is 5.78 Å². The van der Waals surface area contributed by atoms with E-state index < -0.39 is 0 Å². The Morgan fingerprint density at radius 1 is 1.25 bits per heavy atom. The van der Waals surface area contributed by atoms with Crippen molar-refractivity contribution in [1.29, 1.82) is 0 Å². The van der Waals surface area contributed by atoms with E-state index >= 15 is 0 Å². The number of aromatic nitrogens is 1. The van der Waals surface area contributed by atoms with Gasteiger partial charge in [-0.15, -0.1) is 0 Å². The maximum absolute atomic E-state index is 12.3. The molecule has 2 heterocycles. The molecule has 1 aliphatic rings. The predicted octanol–water partition coefficient (Wildman–Crippen LogP) is 4.73. The number of unbranched alkanes of at least 4 members (excludes halogenated alkanes) is 2. The highest BCUT2D eigenvalue weighted by Crippen LogP contribution is 2.28. The Bertz CT molecular complexity index is 629. The lowest BCUT2D eigenvalue weighted by atomic mass is 9.97. The molecule has 0 spiro atoms. The van der Waals surface area contributed by atoms with Crippen LogP contribution in [-0.2, 0) is 13.0 Å². The Kier molecular flexibility index (Phi) is 4.25. The molecule has 0 unspecified atom stereocenters. The average Bonchev–Trinajstić information content (AvgIpc) is 2.88. The van der Waals surface area contributed by atoms with Gasteiger partial charge in [-0.3, -0.25) is 4.79 Å². The summed E-state index contributed by atoms with van der Waals surface area (Å²) in [5.74, 6) is 0.302. The monoisotopic (exact) mass is 333 g/mol. The number of carbonyl (C=O) groups is 1. The number of carbonyl (C=O) groups excluding carboxylic acids is 1. The number of rotatable bonds is 6. The minimum Gasteiger partial charge on any atom is -0.347 e. The molecule has 1 aliphatic heterocycles. The van der Waals surface area contributed by atoms with Crippen molar-refractivity contribution in [2.45, 2.75) is 45.1 Å². The molecule has 2 nitrogen and oxygen atoms in total. The van der Waals surface area contributed by atoms with E-state index in [4.69, 9.17) is 0 Å². The minimum absolute atomic E-state index is 0.302. The summed E-state index contributed by atoms with van der Waals surface area (Å²) in [6.45, 7) is 1.11. The highest BCUT2D eigenvalue weighted by molar-refractivity contribution is 9.09. The molecule has 1 aromatic heterocycles. The molecule has 0 saturated heterocycles. The summed E-state index contributed by atoms with van der Waals surface area (Å²) < 4.78 is 2.32. The van der Waals surface area contributed by atoms with Crippen LogP contribution in [0.2, 0.25) is 0 Å². The van der Waals surface area contributed by atoms with Crippen LogP contribution in [0.4, 0.5) is 0 Å². The van der Waals surface area contributed by atoms with Gasteiger partial charge in [-0.05, 0) is 49.4 Å². The van der Waals surface area contributed by atoms with Crippen molar-refractivity contribution in [3.05, 3.63) is 35.5 Å². The first-order chi connectivity index (χ1) is 9.79. The van der Waals surface area contributed by atoms with Gasteiger partial charge in [0.25, 0.3) is 0 Å². The molecule has 3 rings (SSSR count). The Labute approximate surface area is 128 Å². The first kappa shape index (κ1) is 13.9. The third-order valence-electron chi connectivity index (χ3n) is 4.14. The SMILES string of the molecule is O=C(CCCCCBr)c1cc2c3c(ccn3CCC2)c1. The molecule has 20 heavy (non-hydrogen) atoms. The summed E-state index contributed by atoms with van der Waals surface area (Å²) in [5.41, 5.74) is 3.60. The predicted molar refractivity (Wildman–Crippen MR) is 86.9 cm³/mol. The summed E-state index contributed by atoms with van der Waals surface area (Å²) >= 11 is 3.43. The summed E-state index contributed by atoms with van der Waals surface area (Å²) in [7, 11) is 0. The molecule has 3 heteroatoms. The van der Waals surface area contributed by atoms with E-state index in [1.54, 1.807) is 0 Å². The number of hydrogen-bond donors (Lipinski definition) is 0. The zero-order valence-corrected chi connectivity index (χ0v) is 13.3. The molecule has 1 aromatic carbocycles. The van der Waals surface area contributed by atoms with E-state index in [9.17, 15) is 4.79 Å². The van der Waals surface area contributed by atoms with Crippen LogP contribution >= 0.6 is 15.9 Å². The third kappa shape index (κ3) is 2.69. The maximum atomic E-state index is 12.3. The average molecular weight is 334 g/mol. The number of alkyl halides is 1. The number of Topliss-reactive ketones (excluding diaryl/α,β-unsaturated/α-hetero) is 1. The third-order valence-corrected chi connectivity index (χ3v) is 4.70. The Morgan fingerprint density at radius 2 is 2.15 bits per heavy atom. The first-order valence-corrected chi connectivity index (χ1v) is 8.62. The van der Waals surface area contributed by atoms with Gasteiger partial charge in [0, 0.05) is 35.4 Å². The standard InChI is InChI=1S/C17H20BrNO/c18-8-3-1-2-6-16(20)15-11-13-5-4-9-19-10-7-14(12-15)17(13)19/h7,10-12H,1-6,8-9H2. The topological polar surface area (TPSA) is 22.0 Å². The van der Waals surface area contributed by atoms with Crippen molar-refractivity contribution >= 4 is 32.6 Å². The van der Waals surface area contributed by atoms with Crippen LogP contribution in [0.5, 0.6) is 0 Å². The van der Waals surface area contributed by atoms with E-state index in [1.807, 2.05) is 0 Å². The lowest BCUT2D eigenvalue weighted by Crippen LogP contribution is -2.08. The normalized spacial score (nSPS) is 13.8. The lowest BCUT2D eigenvalue weighted by molar-refractivity contribution is 0.0979. The molecule has 0 radical (unpaired) electrons. The summed E-state index contributed by atoms with van der Waals surface area (Å²) in [6, 6.07) is 6.35. The summed E-state index contributed by atoms with van der Waals surface area (Å²) in [6.07, 6.45) is 8.39. The van der Waals surface area contributed by atoms with E-state index in [0.717, 1.165) is 43.1 Å². The van der Waals surface area contributed by atoms with Gasteiger partial charge in [-0.2, -0.15) is 0 Å². The van der Waals surface area contributed by atoms with Gasteiger partial charge >= 0.3 is 0 Å². The number of hydrogen-bond acceptors (Lipinski definition) is 1. The molecular weight excluding hydrogens is 314 g/mol. The van der Waals surface area contributed by atoms with Crippen LogP contribution in [0.3, 0.4) is 0 Å². The Balaban J connectivity index is 1.80. The molecular formula is C17H20BrNO. The van der Waals surface area contributed by atoms with E-state index in [1.165, 1.54) is 22.9 Å². The fraction of sp³-hybridized carbons (Fsp3) is 0.471. The number of benzene rings is 1. The van der Waals surface area contributed by atoms with Crippen molar-refractivity contribution in [3.63, 3.8) is 0 Å². The van der Waals surface area contributed by atoms with E-state index in [-0.39, 0.29) is 0 Å². The van der Waals surface area contributed by atoms with Crippen LogP contribution in [0.1, 0.15) is 48.0 Å². The van der Waals surface area contributed by atoms with Crippen molar-refractivity contribution in [1.82, 2.24) is 4.57 Å². The molecule has 0 N–H and O–H groups in total. The molecule has 0 aliphatic carbocycles. The quantitative estimate of drug-likeness (QED) is 0.425. The van der Waals surface area contributed by atoms with E-state index in [2.05, 4.69) is 44.9 Å². The van der Waals surface area contributed by atoms with Crippen LogP contribution < -0.4 is 0 Å². The molecule has 106 valence electrons. The lowest BCUT2D eigenvalue weighted by Gasteiger charge is -2.16. The second-order valence-corrected chi connectivity index (χ2v) is 6.40. The van der Waals surface area contributed by atoms with Crippen molar-refractivity contribution in [2.24, 2.45) is 0 Å². The smallest absolute Gasteiger partial charge is 0.162 e. The zero-order chi connectivity index (χ0) is 13.9. The van der Waals surface area contributed by atoms with Gasteiger partial charge in [-0.25, -0.2) is 0 Å². The minimum atomic E-state index is 0.302. The van der Waals surface area contributed by atoms with Crippen LogP contribution in [-0.4, -0.2) is 15.7 Å². The summed E-state index contributed by atoms with van der Waals surface area (Å²) in [4.78, 5) is 12.3. The van der Waals surface area contributed by atoms with Gasteiger partial charge in [0.1, 0.15) is 0 Å². The van der Waals surface area contributed by atoms with Crippen molar-refractivity contribution in [3.8, 4) is 0 Å². The fourth-order valence-electron chi connectivity index (χ4n) is 3.12. The van der Waals surface area contributed by atoms with Gasteiger partial charge in [-0.1, -0.05) is 22.4 Å². The molecule has 0 saturated carbocycles. The van der Waals surface area contributed by atoms with Crippen LogP contribution in [0.15, 0.2) is 24.4 Å². The fourth-order valence-corrected chi connectivity index (χ4v) is 3.52. The Hall–Kier alpha value is -1.09. The number of nitrogens with zero attached hydrogens (tertiary/aromatic N) is 1. The van der Waals surface area contributed by atoms with Crippen molar-refractivity contribution in [2.75, 3.05) is 5.33 Å². The zero-order valence-electron chi connectivity index (χ0n) is 11.7. The number of halogens is 1. The number of aryl methyl sites for hydroxylation is 2. The highest BCUT2D eigenvalue weighted by Gasteiger charge is 2.15. The van der Waals surface area contributed by atoms with Gasteiger partial charge in [0.2, 0.25) is 0 Å². The molecule has 0 amide bonds. The maximum Gasteiger partial charge on any atom is 0.162 e. The van der Waals surface area contributed by atoms with E-state index in [0.29, 0.717) is 12.2 Å². The molecule has 0 fully saturated rings. The summed E-state index contributed by atoms with van der Waals surface area (Å²) in [5, 5.41) is 2.26.